The van der Waals surface area contributed by atoms with Gasteiger partial charge in [0.15, 0.2) is 5.78 Å². The van der Waals surface area contributed by atoms with Crippen molar-refractivity contribution in [2.24, 2.45) is 5.92 Å². The highest BCUT2D eigenvalue weighted by Gasteiger charge is 2.49. The number of nitro groups is 2. The number of hydrogen-bond donors (Lipinski definition) is 0. The fraction of sp³-hybridized carbons (Fsp3) is 0.217. The molecule has 3 unspecified atom stereocenters. The molecule has 10 heteroatoms. The summed E-state index contributed by atoms with van der Waals surface area (Å²) in [7, 11) is 1.29. The van der Waals surface area contributed by atoms with Crippen LogP contribution in [0.25, 0.3) is 11.8 Å². The van der Waals surface area contributed by atoms with Crippen LogP contribution >= 0.6 is 0 Å². The Kier molecular flexibility index (Phi) is 5.74. The number of nitrogens with zero attached hydrogens (tertiary/aromatic N) is 3. The lowest BCUT2D eigenvalue weighted by molar-refractivity contribution is -0.385. The first kappa shape index (κ1) is 21.9. The summed E-state index contributed by atoms with van der Waals surface area (Å²) < 4.78 is 4.93. The molecule has 2 aromatic rings. The molecule has 1 saturated heterocycles. The number of rotatable bonds is 6. The second-order valence-corrected chi connectivity index (χ2v) is 7.73. The zero-order chi connectivity index (χ0) is 23.7. The second-order valence-electron chi connectivity index (χ2n) is 7.73. The lowest BCUT2D eigenvalue weighted by Gasteiger charge is -2.35. The summed E-state index contributed by atoms with van der Waals surface area (Å²) in [6.45, 7) is 0. The van der Waals surface area contributed by atoms with Crippen LogP contribution in [0.1, 0.15) is 17.5 Å². The van der Waals surface area contributed by atoms with Crippen molar-refractivity contribution in [1.82, 2.24) is 4.90 Å². The number of fused-ring (bicyclic) bond motifs is 2. The van der Waals surface area contributed by atoms with Crippen LogP contribution in [0.4, 0.5) is 11.4 Å². The Morgan fingerprint density at radius 2 is 1.79 bits per heavy atom. The second kappa shape index (κ2) is 8.65. The topological polar surface area (TPSA) is 133 Å². The van der Waals surface area contributed by atoms with E-state index in [0.29, 0.717) is 16.8 Å². The summed E-state index contributed by atoms with van der Waals surface area (Å²) in [6.07, 6.45) is 5.04. The van der Waals surface area contributed by atoms with Gasteiger partial charge < -0.3 is 9.64 Å². The molecule has 2 aliphatic heterocycles. The molecule has 2 aromatic carbocycles. The molecular weight excluding hydrogens is 430 g/mol. The largest absolute Gasteiger partial charge is 0.469 e. The molecule has 168 valence electrons. The minimum Gasteiger partial charge on any atom is -0.469 e. The summed E-state index contributed by atoms with van der Waals surface area (Å²) in [5, 5.41) is 22.3. The Morgan fingerprint density at radius 3 is 2.42 bits per heavy atom. The number of non-ortho nitro benzene ring substituents is 2. The van der Waals surface area contributed by atoms with Crippen LogP contribution in [-0.4, -0.2) is 45.7 Å². The van der Waals surface area contributed by atoms with Gasteiger partial charge in [-0.25, -0.2) is 0 Å². The molecule has 3 atom stereocenters. The van der Waals surface area contributed by atoms with Gasteiger partial charge in [0.05, 0.1) is 35.0 Å². The molecule has 0 amide bonds. The zero-order valence-electron chi connectivity index (χ0n) is 17.5. The minimum absolute atomic E-state index is 0.0986. The first-order chi connectivity index (χ1) is 15.8. The predicted molar refractivity (Wildman–Crippen MR) is 118 cm³/mol. The van der Waals surface area contributed by atoms with Gasteiger partial charge in [0, 0.05) is 30.0 Å². The molecule has 0 aliphatic carbocycles. The maximum Gasteiger partial charge on any atom is 0.311 e. The van der Waals surface area contributed by atoms with Crippen molar-refractivity contribution in [2.45, 2.75) is 18.5 Å². The Morgan fingerprint density at radius 1 is 1.09 bits per heavy atom. The fourth-order valence-electron chi connectivity index (χ4n) is 4.34. The molecule has 2 bridgehead atoms. The van der Waals surface area contributed by atoms with Crippen molar-refractivity contribution in [2.75, 3.05) is 7.11 Å². The molecule has 10 nitrogen and oxygen atoms in total. The average Bonchev–Trinajstić information content (AvgIpc) is 3.11. The van der Waals surface area contributed by atoms with E-state index in [4.69, 9.17) is 4.74 Å². The van der Waals surface area contributed by atoms with Gasteiger partial charge in [-0.3, -0.25) is 29.8 Å². The third kappa shape index (κ3) is 4.10. The van der Waals surface area contributed by atoms with Gasteiger partial charge in [-0.15, -0.1) is 0 Å². The molecule has 0 aromatic heterocycles. The van der Waals surface area contributed by atoms with E-state index >= 15 is 0 Å². The number of methoxy groups -OCH3 is 1. The monoisotopic (exact) mass is 449 g/mol. The summed E-state index contributed by atoms with van der Waals surface area (Å²) in [5.74, 6) is -1.19. The van der Waals surface area contributed by atoms with Gasteiger partial charge in [0.25, 0.3) is 11.4 Å². The van der Waals surface area contributed by atoms with E-state index in [0.717, 1.165) is 0 Å². The lowest BCUT2D eigenvalue weighted by atomic mass is 9.99. The van der Waals surface area contributed by atoms with Crippen LogP contribution in [0, 0.1) is 26.1 Å². The van der Waals surface area contributed by atoms with E-state index in [9.17, 15) is 29.8 Å². The van der Waals surface area contributed by atoms with E-state index in [2.05, 4.69) is 0 Å². The fourth-order valence-corrected chi connectivity index (χ4v) is 4.34. The number of ether oxygens (including phenoxy) is 1. The van der Waals surface area contributed by atoms with Crippen molar-refractivity contribution >= 4 is 34.9 Å². The first-order valence-electron chi connectivity index (χ1n) is 10.1. The number of benzene rings is 2. The Labute approximate surface area is 188 Å². The highest BCUT2D eigenvalue weighted by atomic mass is 16.6. The number of hydrogen-bond acceptors (Lipinski definition) is 8. The van der Waals surface area contributed by atoms with Crippen molar-refractivity contribution in [3.63, 3.8) is 0 Å². The van der Waals surface area contributed by atoms with Crippen molar-refractivity contribution in [3.8, 4) is 0 Å². The molecule has 0 N–H and O–H groups in total. The molecule has 2 aliphatic rings. The number of carbonyl (C=O) groups is 2. The van der Waals surface area contributed by atoms with Gasteiger partial charge in [-0.05, 0) is 41.8 Å². The summed E-state index contributed by atoms with van der Waals surface area (Å²) in [6, 6.07) is 10.7. The number of ketones is 1. The normalized spacial score (nSPS) is 21.7. The average molecular weight is 449 g/mol. The summed E-state index contributed by atoms with van der Waals surface area (Å²) >= 11 is 0. The first-order valence-corrected chi connectivity index (χ1v) is 10.1. The number of esters is 1. The third-order valence-electron chi connectivity index (χ3n) is 5.87. The Balaban J connectivity index is 1.86. The lowest BCUT2D eigenvalue weighted by Crippen LogP contribution is -2.42. The maximum atomic E-state index is 12.7. The molecule has 0 spiro atoms. The van der Waals surface area contributed by atoms with Crippen molar-refractivity contribution in [3.05, 3.63) is 92.0 Å². The van der Waals surface area contributed by atoms with Gasteiger partial charge in [-0.2, -0.15) is 0 Å². The SMILES string of the molecule is COC(=O)C1CC2C(=O)C=CC1N2C(=Cc1cccc([N+](=O)[O-])c1)c1ccc([N+](=O)[O-])cc1. The van der Waals surface area contributed by atoms with Gasteiger partial charge in [0.1, 0.15) is 0 Å². The molecule has 0 saturated carbocycles. The van der Waals surface area contributed by atoms with Crippen molar-refractivity contribution < 1.29 is 24.2 Å². The third-order valence-corrected chi connectivity index (χ3v) is 5.87. The van der Waals surface area contributed by atoms with Gasteiger partial charge >= 0.3 is 5.97 Å². The van der Waals surface area contributed by atoms with Gasteiger partial charge in [0.2, 0.25) is 0 Å². The minimum atomic E-state index is -0.635. The summed E-state index contributed by atoms with van der Waals surface area (Å²) in [4.78, 5) is 48.2. The molecule has 33 heavy (non-hydrogen) atoms. The van der Waals surface area contributed by atoms with E-state index in [1.807, 2.05) is 0 Å². The van der Waals surface area contributed by atoms with Crippen LogP contribution in [0.5, 0.6) is 0 Å². The maximum absolute atomic E-state index is 12.7. The highest BCUT2D eigenvalue weighted by molar-refractivity contribution is 5.99. The van der Waals surface area contributed by atoms with Gasteiger partial charge in [-0.1, -0.05) is 18.2 Å². The van der Waals surface area contributed by atoms with E-state index in [1.54, 1.807) is 41.3 Å². The number of carbonyl (C=O) groups excluding carboxylic acids is 2. The predicted octanol–water partition coefficient (Wildman–Crippen LogP) is 3.37. The van der Waals surface area contributed by atoms with E-state index in [-0.39, 0.29) is 23.6 Å². The van der Waals surface area contributed by atoms with E-state index in [1.165, 1.54) is 37.5 Å². The smallest absolute Gasteiger partial charge is 0.311 e. The molecule has 1 fully saturated rings. The number of nitro benzene ring substituents is 2. The Hall–Kier alpha value is -4.34. The molecule has 4 rings (SSSR count). The standard InChI is InChI=1S/C23H19N3O7/c1-33-23(28)18-13-21-22(27)10-9-19(18)24(21)20(15-5-7-16(8-6-15)25(29)30)12-14-3-2-4-17(11-14)26(31)32/h2-12,18-19,21H,13H2,1H3. The van der Waals surface area contributed by atoms with Crippen molar-refractivity contribution in [1.29, 1.82) is 0 Å². The van der Waals surface area contributed by atoms with Crippen LogP contribution in [-0.2, 0) is 14.3 Å². The molecule has 2 heterocycles. The zero-order valence-corrected chi connectivity index (χ0v) is 17.5. The quantitative estimate of drug-likeness (QED) is 0.284. The van der Waals surface area contributed by atoms with Crippen LogP contribution < -0.4 is 0 Å². The Bertz CT molecular complexity index is 1200. The summed E-state index contributed by atoms with van der Waals surface area (Å²) in [5.41, 5.74) is 1.39. The molecular formula is C23H19N3O7. The van der Waals surface area contributed by atoms with E-state index < -0.39 is 33.8 Å². The molecule has 0 radical (unpaired) electrons. The van der Waals surface area contributed by atoms with Crippen LogP contribution in [0.2, 0.25) is 0 Å². The van der Waals surface area contributed by atoms with Crippen LogP contribution in [0.15, 0.2) is 60.7 Å². The van der Waals surface area contributed by atoms with Crippen LogP contribution in [0.3, 0.4) is 0 Å². The highest BCUT2D eigenvalue weighted by Crippen LogP contribution is 2.42.